The number of aromatic nitrogens is 2. The Kier molecular flexibility index (Phi) is 3.24. The van der Waals surface area contributed by atoms with Crippen LogP contribution in [-0.4, -0.2) is 15.0 Å². The summed E-state index contributed by atoms with van der Waals surface area (Å²) >= 11 is 5.57. The molecule has 1 aromatic carbocycles. The average molecular weight is 323 g/mol. The fourth-order valence-corrected chi connectivity index (χ4v) is 3.98. The van der Waals surface area contributed by atoms with Gasteiger partial charge in [-0.05, 0) is 47.8 Å². The summed E-state index contributed by atoms with van der Waals surface area (Å²) in [6, 6.07) is 8.70. The zero-order valence-corrected chi connectivity index (χ0v) is 12.9. The molecular weight excluding hydrogens is 308 g/mol. The Morgan fingerprint density at radius 2 is 2.17 bits per heavy atom. The van der Waals surface area contributed by atoms with E-state index in [4.69, 9.17) is 0 Å². The molecule has 2 heterocycles. The Labute approximate surface area is 120 Å². The van der Waals surface area contributed by atoms with Crippen molar-refractivity contribution < 1.29 is 0 Å². The summed E-state index contributed by atoms with van der Waals surface area (Å²) in [5.41, 5.74) is 3.78. The first-order valence-corrected chi connectivity index (χ1v) is 7.76. The first kappa shape index (κ1) is 12.3. The third kappa shape index (κ3) is 2.12. The standard InChI is InChI=1S/C14H15BrN2S/c1-9-14(15)10(2)17(16-9)8-12-7-11-5-3-4-6-13(11)18-12/h3-6,12H,7-8H2,1-2H3. The van der Waals surface area contributed by atoms with Crippen LogP contribution in [0.4, 0.5) is 0 Å². The summed E-state index contributed by atoms with van der Waals surface area (Å²) in [5, 5.41) is 5.20. The summed E-state index contributed by atoms with van der Waals surface area (Å²) in [4.78, 5) is 1.43. The molecule has 0 N–H and O–H groups in total. The third-order valence-corrected chi connectivity index (χ3v) is 5.83. The minimum atomic E-state index is 0.604. The first-order chi connectivity index (χ1) is 8.65. The summed E-state index contributed by atoms with van der Waals surface area (Å²) in [7, 11) is 0. The molecule has 0 fully saturated rings. The zero-order chi connectivity index (χ0) is 12.7. The van der Waals surface area contributed by atoms with Gasteiger partial charge in [0.15, 0.2) is 0 Å². The lowest BCUT2D eigenvalue weighted by Crippen LogP contribution is -2.14. The number of rotatable bonds is 2. The number of hydrogen-bond donors (Lipinski definition) is 0. The second-order valence-electron chi connectivity index (χ2n) is 4.72. The molecule has 1 atom stereocenters. The Morgan fingerprint density at radius 1 is 1.39 bits per heavy atom. The molecule has 1 aliphatic heterocycles. The zero-order valence-electron chi connectivity index (χ0n) is 10.5. The minimum absolute atomic E-state index is 0.604. The number of fused-ring (bicyclic) bond motifs is 1. The number of nitrogens with zero attached hydrogens (tertiary/aromatic N) is 2. The fraction of sp³-hybridized carbons (Fsp3) is 0.357. The molecule has 1 aliphatic rings. The summed E-state index contributed by atoms with van der Waals surface area (Å²) < 4.78 is 3.27. The summed E-state index contributed by atoms with van der Waals surface area (Å²) in [5.74, 6) is 0. The van der Waals surface area contributed by atoms with Crippen molar-refractivity contribution in [2.75, 3.05) is 0 Å². The van der Waals surface area contributed by atoms with Crippen LogP contribution in [0.5, 0.6) is 0 Å². The van der Waals surface area contributed by atoms with Crippen molar-refractivity contribution in [2.45, 2.75) is 37.0 Å². The number of thioether (sulfide) groups is 1. The van der Waals surface area contributed by atoms with Gasteiger partial charge in [0.05, 0.1) is 16.7 Å². The topological polar surface area (TPSA) is 17.8 Å². The van der Waals surface area contributed by atoms with E-state index in [9.17, 15) is 0 Å². The predicted octanol–water partition coefficient (Wildman–Crippen LogP) is 3.98. The van der Waals surface area contributed by atoms with Crippen LogP contribution in [0.2, 0.25) is 0 Å². The van der Waals surface area contributed by atoms with Crippen molar-refractivity contribution in [1.29, 1.82) is 0 Å². The van der Waals surface area contributed by atoms with Crippen molar-refractivity contribution in [2.24, 2.45) is 0 Å². The molecule has 0 saturated carbocycles. The SMILES string of the molecule is Cc1nn(CC2Cc3ccccc3S2)c(C)c1Br. The molecule has 0 bridgehead atoms. The van der Waals surface area contributed by atoms with Gasteiger partial charge in [-0.25, -0.2) is 0 Å². The van der Waals surface area contributed by atoms with E-state index in [-0.39, 0.29) is 0 Å². The highest BCUT2D eigenvalue weighted by atomic mass is 79.9. The molecule has 0 radical (unpaired) electrons. The van der Waals surface area contributed by atoms with Crippen molar-refractivity contribution in [3.63, 3.8) is 0 Å². The second kappa shape index (κ2) is 4.74. The maximum atomic E-state index is 4.59. The lowest BCUT2D eigenvalue weighted by molar-refractivity contribution is 0.576. The number of benzene rings is 1. The summed E-state index contributed by atoms with van der Waals surface area (Å²) in [6.45, 7) is 5.15. The van der Waals surface area contributed by atoms with Gasteiger partial charge < -0.3 is 0 Å². The van der Waals surface area contributed by atoms with Crippen LogP contribution in [0.1, 0.15) is 17.0 Å². The van der Waals surface area contributed by atoms with Gasteiger partial charge >= 0.3 is 0 Å². The second-order valence-corrected chi connectivity index (χ2v) is 6.85. The van der Waals surface area contributed by atoms with E-state index in [1.807, 2.05) is 18.7 Å². The third-order valence-electron chi connectivity index (χ3n) is 3.38. The normalized spacial score (nSPS) is 18.1. The number of aryl methyl sites for hydroxylation is 1. The highest BCUT2D eigenvalue weighted by molar-refractivity contribution is 9.10. The van der Waals surface area contributed by atoms with Gasteiger partial charge in [0.1, 0.15) is 0 Å². The van der Waals surface area contributed by atoms with Crippen LogP contribution in [-0.2, 0) is 13.0 Å². The Hall–Kier alpha value is -0.740. The molecule has 1 unspecified atom stereocenters. The average Bonchev–Trinajstić information content (AvgIpc) is 2.87. The minimum Gasteiger partial charge on any atom is -0.267 e. The molecule has 94 valence electrons. The van der Waals surface area contributed by atoms with Gasteiger partial charge in [-0.3, -0.25) is 4.68 Å². The van der Waals surface area contributed by atoms with Crippen molar-refractivity contribution in [3.8, 4) is 0 Å². The van der Waals surface area contributed by atoms with E-state index in [0.29, 0.717) is 5.25 Å². The quantitative estimate of drug-likeness (QED) is 0.832. The lowest BCUT2D eigenvalue weighted by Gasteiger charge is -2.10. The van der Waals surface area contributed by atoms with Crippen LogP contribution in [0.15, 0.2) is 33.6 Å². The highest BCUT2D eigenvalue weighted by Crippen LogP contribution is 2.37. The predicted molar refractivity (Wildman–Crippen MR) is 79.2 cm³/mol. The van der Waals surface area contributed by atoms with Crippen LogP contribution in [0, 0.1) is 13.8 Å². The first-order valence-electron chi connectivity index (χ1n) is 6.09. The molecule has 18 heavy (non-hydrogen) atoms. The number of halogens is 1. The van der Waals surface area contributed by atoms with Crippen LogP contribution >= 0.6 is 27.7 Å². The molecular formula is C14H15BrN2S. The highest BCUT2D eigenvalue weighted by Gasteiger charge is 2.23. The maximum absolute atomic E-state index is 4.59. The van der Waals surface area contributed by atoms with Crippen molar-refractivity contribution >= 4 is 27.7 Å². The van der Waals surface area contributed by atoms with Gasteiger partial charge in [-0.1, -0.05) is 18.2 Å². The van der Waals surface area contributed by atoms with Crippen LogP contribution in [0.3, 0.4) is 0 Å². The fourth-order valence-electron chi connectivity index (χ4n) is 2.40. The van der Waals surface area contributed by atoms with Crippen LogP contribution < -0.4 is 0 Å². The van der Waals surface area contributed by atoms with Gasteiger partial charge in [-0.2, -0.15) is 5.10 Å². The molecule has 0 saturated heterocycles. The molecule has 2 aromatic rings. The van der Waals surface area contributed by atoms with E-state index in [2.05, 4.69) is 56.9 Å². The molecule has 4 heteroatoms. The van der Waals surface area contributed by atoms with Gasteiger partial charge in [0.25, 0.3) is 0 Å². The van der Waals surface area contributed by atoms with Crippen molar-refractivity contribution in [1.82, 2.24) is 9.78 Å². The smallest absolute Gasteiger partial charge is 0.0738 e. The van der Waals surface area contributed by atoms with Gasteiger partial charge in [0, 0.05) is 15.8 Å². The Morgan fingerprint density at radius 3 is 2.83 bits per heavy atom. The van der Waals surface area contributed by atoms with E-state index in [1.165, 1.54) is 16.2 Å². The van der Waals surface area contributed by atoms with E-state index < -0.39 is 0 Å². The molecule has 1 aromatic heterocycles. The molecule has 3 rings (SSSR count). The molecule has 0 amide bonds. The maximum Gasteiger partial charge on any atom is 0.0738 e. The molecule has 2 nitrogen and oxygen atoms in total. The molecule has 0 aliphatic carbocycles. The van der Waals surface area contributed by atoms with Gasteiger partial charge in [-0.15, -0.1) is 11.8 Å². The molecule has 0 spiro atoms. The van der Waals surface area contributed by atoms with Gasteiger partial charge in [0.2, 0.25) is 0 Å². The number of hydrogen-bond acceptors (Lipinski definition) is 2. The Balaban J connectivity index is 1.78. The van der Waals surface area contributed by atoms with E-state index in [0.717, 1.165) is 23.1 Å². The van der Waals surface area contributed by atoms with E-state index >= 15 is 0 Å². The largest absolute Gasteiger partial charge is 0.267 e. The lowest BCUT2D eigenvalue weighted by atomic mass is 10.1. The summed E-state index contributed by atoms with van der Waals surface area (Å²) in [6.07, 6.45) is 1.15. The van der Waals surface area contributed by atoms with Crippen molar-refractivity contribution in [3.05, 3.63) is 45.7 Å². The van der Waals surface area contributed by atoms with E-state index in [1.54, 1.807) is 0 Å². The monoisotopic (exact) mass is 322 g/mol. The Bertz CT molecular complexity index is 566. The van der Waals surface area contributed by atoms with Crippen LogP contribution in [0.25, 0.3) is 0 Å².